The molecule has 0 aromatic heterocycles. The Morgan fingerprint density at radius 3 is 2.60 bits per heavy atom. The van der Waals surface area contributed by atoms with Crippen molar-refractivity contribution in [2.45, 2.75) is 104 Å². The summed E-state index contributed by atoms with van der Waals surface area (Å²) in [6.45, 7) is 10.3. The van der Waals surface area contributed by atoms with Crippen LogP contribution in [0.25, 0.3) is 0 Å². The summed E-state index contributed by atoms with van der Waals surface area (Å²) in [4.78, 5) is 0. The molecule has 120 valence electrons. The van der Waals surface area contributed by atoms with Gasteiger partial charge in [0, 0.05) is 6.04 Å². The lowest BCUT2D eigenvalue weighted by Crippen LogP contribution is -2.46. The molecule has 20 heavy (non-hydrogen) atoms. The molecule has 4 unspecified atom stereocenters. The fourth-order valence-corrected chi connectivity index (χ4v) is 3.27. The van der Waals surface area contributed by atoms with Crippen LogP contribution in [0.15, 0.2) is 0 Å². The maximum Gasteiger partial charge on any atom is 0.0734 e. The zero-order valence-corrected chi connectivity index (χ0v) is 14.3. The Bertz CT molecular complexity index is 229. The Balaban J connectivity index is 2.31. The molecule has 0 aromatic rings. The van der Waals surface area contributed by atoms with Crippen LogP contribution in [-0.2, 0) is 4.74 Å². The average Bonchev–Trinajstić information content (AvgIpc) is 2.43. The molecular weight excluding hydrogens is 246 g/mol. The van der Waals surface area contributed by atoms with Crippen LogP contribution in [-0.4, -0.2) is 24.8 Å². The summed E-state index contributed by atoms with van der Waals surface area (Å²) in [7, 11) is 0. The van der Waals surface area contributed by atoms with Crippen molar-refractivity contribution in [2.75, 3.05) is 6.54 Å². The van der Waals surface area contributed by atoms with Crippen molar-refractivity contribution in [1.82, 2.24) is 5.32 Å². The van der Waals surface area contributed by atoms with E-state index in [0.29, 0.717) is 18.2 Å². The van der Waals surface area contributed by atoms with Crippen LogP contribution in [0.3, 0.4) is 0 Å². The number of nitrogens with one attached hydrogen (secondary N) is 1. The van der Waals surface area contributed by atoms with Crippen molar-refractivity contribution in [1.29, 1.82) is 0 Å². The number of hydrogen-bond donors (Lipinski definition) is 1. The third kappa shape index (κ3) is 7.08. The fraction of sp³-hybridized carbons (Fsp3) is 1.00. The number of rotatable bonds is 10. The van der Waals surface area contributed by atoms with E-state index in [9.17, 15) is 0 Å². The van der Waals surface area contributed by atoms with Crippen molar-refractivity contribution in [3.05, 3.63) is 0 Å². The first kappa shape index (κ1) is 18.0. The van der Waals surface area contributed by atoms with Gasteiger partial charge in [-0.2, -0.15) is 0 Å². The van der Waals surface area contributed by atoms with Gasteiger partial charge in [0.15, 0.2) is 0 Å². The molecule has 1 fully saturated rings. The van der Waals surface area contributed by atoms with Crippen molar-refractivity contribution in [3.8, 4) is 0 Å². The summed E-state index contributed by atoms with van der Waals surface area (Å²) in [5, 5.41) is 3.70. The molecular formula is C18H37NO. The second-order valence-electron chi connectivity index (χ2n) is 6.81. The molecule has 1 rings (SSSR count). The highest BCUT2D eigenvalue weighted by atomic mass is 16.5. The van der Waals surface area contributed by atoms with E-state index in [-0.39, 0.29) is 0 Å². The minimum atomic E-state index is 0.424. The largest absolute Gasteiger partial charge is 0.374 e. The average molecular weight is 284 g/mol. The highest BCUT2D eigenvalue weighted by Crippen LogP contribution is 2.28. The van der Waals surface area contributed by atoms with E-state index in [1.807, 2.05) is 0 Å². The van der Waals surface area contributed by atoms with Crippen molar-refractivity contribution < 1.29 is 4.74 Å². The molecule has 0 radical (unpaired) electrons. The summed E-state index contributed by atoms with van der Waals surface area (Å²) in [6.07, 6.45) is 12.6. The number of ether oxygens (including phenoxy) is 1. The van der Waals surface area contributed by atoms with Gasteiger partial charge in [-0.3, -0.25) is 0 Å². The lowest BCUT2D eigenvalue weighted by Gasteiger charge is -2.37. The molecule has 0 aromatic carbocycles. The van der Waals surface area contributed by atoms with Gasteiger partial charge < -0.3 is 10.1 Å². The smallest absolute Gasteiger partial charge is 0.0734 e. The molecule has 0 saturated heterocycles. The standard InChI is InChI=1S/C18H37NO/c1-5-7-8-9-10-16(4)20-18-14-15(3)11-12-17(18)19-13-6-2/h15-19H,5-14H2,1-4H3. The van der Waals surface area contributed by atoms with Crippen LogP contribution in [0.2, 0.25) is 0 Å². The molecule has 2 heteroatoms. The molecule has 0 spiro atoms. The molecule has 0 amide bonds. The molecule has 0 bridgehead atoms. The van der Waals surface area contributed by atoms with Crippen LogP contribution < -0.4 is 5.32 Å². The summed E-state index contributed by atoms with van der Waals surface area (Å²) in [5.41, 5.74) is 0. The summed E-state index contributed by atoms with van der Waals surface area (Å²) >= 11 is 0. The Morgan fingerprint density at radius 1 is 1.10 bits per heavy atom. The van der Waals surface area contributed by atoms with Gasteiger partial charge in [-0.15, -0.1) is 0 Å². The monoisotopic (exact) mass is 283 g/mol. The molecule has 0 heterocycles. The molecule has 1 aliphatic carbocycles. The second-order valence-corrected chi connectivity index (χ2v) is 6.81. The zero-order valence-electron chi connectivity index (χ0n) is 14.3. The highest BCUT2D eigenvalue weighted by Gasteiger charge is 2.29. The van der Waals surface area contributed by atoms with Crippen molar-refractivity contribution >= 4 is 0 Å². The first-order chi connectivity index (χ1) is 9.67. The fourth-order valence-electron chi connectivity index (χ4n) is 3.27. The molecule has 4 atom stereocenters. The minimum Gasteiger partial charge on any atom is -0.374 e. The van der Waals surface area contributed by atoms with E-state index in [1.165, 1.54) is 57.8 Å². The normalized spacial score (nSPS) is 28.5. The Morgan fingerprint density at radius 2 is 1.90 bits per heavy atom. The van der Waals surface area contributed by atoms with E-state index in [2.05, 4.69) is 33.0 Å². The Kier molecular flexibility index (Phi) is 9.54. The minimum absolute atomic E-state index is 0.424. The predicted octanol–water partition coefficient (Wildman–Crippen LogP) is 4.92. The lowest BCUT2D eigenvalue weighted by molar-refractivity contribution is -0.0518. The van der Waals surface area contributed by atoms with Gasteiger partial charge in [0.05, 0.1) is 12.2 Å². The summed E-state index contributed by atoms with van der Waals surface area (Å²) in [5.74, 6) is 0.826. The SMILES string of the molecule is CCCCCCC(C)OC1CC(C)CCC1NCCC. The molecule has 2 nitrogen and oxygen atoms in total. The van der Waals surface area contributed by atoms with Gasteiger partial charge >= 0.3 is 0 Å². The summed E-state index contributed by atoms with van der Waals surface area (Å²) in [6, 6.07) is 0.587. The number of hydrogen-bond acceptors (Lipinski definition) is 2. The van der Waals surface area contributed by atoms with Gasteiger partial charge in [-0.25, -0.2) is 0 Å². The van der Waals surface area contributed by atoms with Gasteiger partial charge in [-0.1, -0.05) is 46.5 Å². The zero-order chi connectivity index (χ0) is 14.8. The first-order valence-corrected chi connectivity index (χ1v) is 9.06. The van der Waals surface area contributed by atoms with Crippen LogP contribution in [0.5, 0.6) is 0 Å². The second kappa shape index (κ2) is 10.6. The van der Waals surface area contributed by atoms with Gasteiger partial charge in [0.25, 0.3) is 0 Å². The van der Waals surface area contributed by atoms with Crippen LogP contribution >= 0.6 is 0 Å². The van der Waals surface area contributed by atoms with E-state index in [4.69, 9.17) is 4.74 Å². The Labute approximate surface area is 127 Å². The van der Waals surface area contributed by atoms with Crippen LogP contribution in [0.1, 0.15) is 85.5 Å². The van der Waals surface area contributed by atoms with Crippen molar-refractivity contribution in [2.24, 2.45) is 5.92 Å². The highest BCUT2D eigenvalue weighted by molar-refractivity contribution is 4.85. The van der Waals surface area contributed by atoms with Crippen LogP contribution in [0.4, 0.5) is 0 Å². The topological polar surface area (TPSA) is 21.3 Å². The summed E-state index contributed by atoms with van der Waals surface area (Å²) < 4.78 is 6.39. The van der Waals surface area contributed by atoms with Gasteiger partial charge in [0.1, 0.15) is 0 Å². The maximum atomic E-state index is 6.39. The van der Waals surface area contributed by atoms with Crippen LogP contribution in [0, 0.1) is 5.92 Å². The van der Waals surface area contributed by atoms with E-state index < -0.39 is 0 Å². The third-order valence-electron chi connectivity index (χ3n) is 4.58. The lowest BCUT2D eigenvalue weighted by atomic mass is 9.84. The maximum absolute atomic E-state index is 6.39. The first-order valence-electron chi connectivity index (χ1n) is 9.06. The molecule has 1 N–H and O–H groups in total. The van der Waals surface area contributed by atoms with Gasteiger partial charge in [-0.05, 0) is 51.5 Å². The quantitative estimate of drug-likeness (QED) is 0.575. The third-order valence-corrected chi connectivity index (χ3v) is 4.58. The van der Waals surface area contributed by atoms with Gasteiger partial charge in [0.2, 0.25) is 0 Å². The molecule has 1 aliphatic rings. The Hall–Kier alpha value is -0.0800. The van der Waals surface area contributed by atoms with E-state index >= 15 is 0 Å². The van der Waals surface area contributed by atoms with Crippen molar-refractivity contribution in [3.63, 3.8) is 0 Å². The van der Waals surface area contributed by atoms with E-state index in [0.717, 1.165) is 12.5 Å². The van der Waals surface area contributed by atoms with E-state index in [1.54, 1.807) is 0 Å². The molecule has 0 aliphatic heterocycles. The predicted molar refractivity (Wildman–Crippen MR) is 88.2 cm³/mol. The molecule has 1 saturated carbocycles. The number of unbranched alkanes of at least 4 members (excludes halogenated alkanes) is 3.